The molecule has 0 amide bonds. The van der Waals surface area contributed by atoms with Crippen molar-refractivity contribution >= 4 is 5.97 Å². The van der Waals surface area contributed by atoms with Gasteiger partial charge in [-0.3, -0.25) is 0 Å². The van der Waals surface area contributed by atoms with E-state index in [0.717, 1.165) is 32.1 Å². The number of hydrogen-bond acceptors (Lipinski definition) is 2. The molecule has 0 saturated heterocycles. The molecule has 124 valence electrons. The molecule has 1 N–H and O–H groups in total. The van der Waals surface area contributed by atoms with Gasteiger partial charge in [0.1, 0.15) is 11.3 Å². The van der Waals surface area contributed by atoms with Crippen LogP contribution < -0.4 is 4.74 Å². The zero-order chi connectivity index (χ0) is 16.2. The lowest BCUT2D eigenvalue weighted by Gasteiger charge is -2.20. The van der Waals surface area contributed by atoms with Gasteiger partial charge in [0.15, 0.2) is 0 Å². The number of ether oxygens (including phenoxy) is 1. The van der Waals surface area contributed by atoms with Crippen LogP contribution in [0.4, 0.5) is 0 Å². The van der Waals surface area contributed by atoms with Crippen molar-refractivity contribution in [2.75, 3.05) is 0 Å². The molecule has 0 saturated carbocycles. The molecule has 0 aliphatic rings. The normalized spacial score (nSPS) is 12.1. The quantitative estimate of drug-likeness (QED) is 0.505. The molecule has 1 aromatic carbocycles. The highest BCUT2D eigenvalue weighted by atomic mass is 16.5. The van der Waals surface area contributed by atoms with Crippen LogP contribution >= 0.6 is 0 Å². The van der Waals surface area contributed by atoms with Crippen LogP contribution in [0.3, 0.4) is 0 Å². The number of carboxylic acid groups (broad SMARTS) is 1. The highest BCUT2D eigenvalue weighted by Gasteiger charge is 2.15. The molecule has 3 nitrogen and oxygen atoms in total. The second-order valence-electron chi connectivity index (χ2n) is 5.89. The number of carbonyl (C=O) groups is 1. The molecule has 0 aromatic heterocycles. The van der Waals surface area contributed by atoms with E-state index in [0.29, 0.717) is 5.75 Å². The van der Waals surface area contributed by atoms with E-state index < -0.39 is 5.97 Å². The van der Waals surface area contributed by atoms with E-state index in [2.05, 4.69) is 13.8 Å². The fourth-order valence-electron chi connectivity index (χ4n) is 2.60. The summed E-state index contributed by atoms with van der Waals surface area (Å²) in [6.07, 6.45) is 10.6. The fraction of sp³-hybridized carbons (Fsp3) is 0.632. The smallest absolute Gasteiger partial charge is 0.339 e. The van der Waals surface area contributed by atoms with E-state index in [1.54, 1.807) is 18.2 Å². The van der Waals surface area contributed by atoms with Gasteiger partial charge >= 0.3 is 5.97 Å². The summed E-state index contributed by atoms with van der Waals surface area (Å²) in [6, 6.07) is 6.94. The number of aromatic carboxylic acids is 1. The van der Waals surface area contributed by atoms with Gasteiger partial charge in [-0.1, -0.05) is 64.5 Å². The third-order valence-corrected chi connectivity index (χ3v) is 3.92. The maximum absolute atomic E-state index is 11.3. The zero-order valence-electron chi connectivity index (χ0n) is 14.0. The first kappa shape index (κ1) is 18.5. The molecule has 0 radical (unpaired) electrons. The third kappa shape index (κ3) is 6.97. The van der Waals surface area contributed by atoms with Crippen molar-refractivity contribution in [1.82, 2.24) is 0 Å². The van der Waals surface area contributed by atoms with E-state index in [-0.39, 0.29) is 11.7 Å². The highest BCUT2D eigenvalue weighted by molar-refractivity contribution is 5.90. The van der Waals surface area contributed by atoms with Gasteiger partial charge in [0.05, 0.1) is 6.10 Å². The average Bonchev–Trinajstić information content (AvgIpc) is 2.52. The molecule has 0 aliphatic heterocycles. The third-order valence-electron chi connectivity index (χ3n) is 3.92. The predicted molar refractivity (Wildman–Crippen MR) is 90.7 cm³/mol. The molecule has 0 fully saturated rings. The maximum atomic E-state index is 11.3. The summed E-state index contributed by atoms with van der Waals surface area (Å²) in [6.45, 7) is 4.39. The van der Waals surface area contributed by atoms with Gasteiger partial charge in [-0.2, -0.15) is 0 Å². The Morgan fingerprint density at radius 2 is 1.64 bits per heavy atom. The minimum atomic E-state index is -0.923. The van der Waals surface area contributed by atoms with Gasteiger partial charge in [0.25, 0.3) is 0 Å². The molecule has 1 aromatic rings. The molecular weight excluding hydrogens is 276 g/mol. The molecule has 0 spiro atoms. The molecule has 0 heterocycles. The monoisotopic (exact) mass is 306 g/mol. The maximum Gasteiger partial charge on any atom is 0.339 e. The van der Waals surface area contributed by atoms with Crippen LogP contribution in [0.5, 0.6) is 5.75 Å². The molecule has 3 heteroatoms. The largest absolute Gasteiger partial charge is 0.490 e. The lowest BCUT2D eigenvalue weighted by Crippen LogP contribution is -2.18. The summed E-state index contributed by atoms with van der Waals surface area (Å²) >= 11 is 0. The van der Waals surface area contributed by atoms with Gasteiger partial charge in [0.2, 0.25) is 0 Å². The Bertz CT molecular complexity index is 428. The van der Waals surface area contributed by atoms with Gasteiger partial charge in [0, 0.05) is 0 Å². The summed E-state index contributed by atoms with van der Waals surface area (Å²) in [5.41, 5.74) is 0.259. The number of benzene rings is 1. The van der Waals surface area contributed by atoms with Crippen LogP contribution in [0.25, 0.3) is 0 Å². The minimum Gasteiger partial charge on any atom is -0.490 e. The van der Waals surface area contributed by atoms with E-state index in [1.165, 1.54) is 25.7 Å². The number of carboxylic acids is 1. The Kier molecular flexibility index (Phi) is 9.36. The summed E-state index contributed by atoms with van der Waals surface area (Å²) in [7, 11) is 0. The lowest BCUT2D eigenvalue weighted by molar-refractivity contribution is 0.0687. The first-order chi connectivity index (χ1) is 10.7. The first-order valence-electron chi connectivity index (χ1n) is 8.68. The van der Waals surface area contributed by atoms with Crippen LogP contribution in [0.1, 0.15) is 82.0 Å². The van der Waals surface area contributed by atoms with Crippen molar-refractivity contribution in [3.8, 4) is 5.75 Å². The fourth-order valence-corrected chi connectivity index (χ4v) is 2.60. The van der Waals surface area contributed by atoms with E-state index >= 15 is 0 Å². The minimum absolute atomic E-state index is 0.127. The van der Waals surface area contributed by atoms with Crippen molar-refractivity contribution < 1.29 is 14.6 Å². The summed E-state index contributed by atoms with van der Waals surface area (Å²) in [5.74, 6) is -0.419. The molecule has 1 atom stereocenters. The Morgan fingerprint density at radius 1 is 1.00 bits per heavy atom. The Labute approximate surface area is 134 Å². The first-order valence-corrected chi connectivity index (χ1v) is 8.68. The van der Waals surface area contributed by atoms with Crippen molar-refractivity contribution in [3.63, 3.8) is 0 Å². The van der Waals surface area contributed by atoms with Crippen LogP contribution in [0.15, 0.2) is 24.3 Å². The summed E-state index contributed by atoms with van der Waals surface area (Å²) < 4.78 is 6.03. The standard InChI is InChI=1S/C19H30O3/c1-3-5-7-8-9-13-16(12-6-4-2)22-18-15-11-10-14-17(18)19(20)21/h10-11,14-16H,3-9,12-13H2,1-2H3,(H,20,21). The van der Waals surface area contributed by atoms with Crippen molar-refractivity contribution in [2.45, 2.75) is 77.7 Å². The second-order valence-corrected chi connectivity index (χ2v) is 5.89. The molecule has 1 unspecified atom stereocenters. The molecule has 22 heavy (non-hydrogen) atoms. The Balaban J connectivity index is 2.58. The second kappa shape index (κ2) is 11.1. The highest BCUT2D eigenvalue weighted by Crippen LogP contribution is 2.23. The van der Waals surface area contributed by atoms with Gasteiger partial charge in [-0.25, -0.2) is 4.79 Å². The van der Waals surface area contributed by atoms with Gasteiger partial charge in [-0.05, 0) is 31.4 Å². The molecule has 0 aliphatic carbocycles. The van der Waals surface area contributed by atoms with Crippen LogP contribution in [-0.2, 0) is 0 Å². The summed E-state index contributed by atoms with van der Waals surface area (Å²) in [5, 5.41) is 9.25. The lowest BCUT2D eigenvalue weighted by atomic mass is 10.0. The number of rotatable bonds is 12. The van der Waals surface area contributed by atoms with E-state index in [4.69, 9.17) is 4.74 Å². The van der Waals surface area contributed by atoms with Crippen molar-refractivity contribution in [3.05, 3.63) is 29.8 Å². The molecular formula is C19H30O3. The number of hydrogen-bond donors (Lipinski definition) is 1. The SMILES string of the molecule is CCCCCCCC(CCCC)Oc1ccccc1C(=O)O. The van der Waals surface area contributed by atoms with Crippen LogP contribution in [-0.4, -0.2) is 17.2 Å². The number of para-hydroxylation sites is 1. The zero-order valence-corrected chi connectivity index (χ0v) is 14.0. The van der Waals surface area contributed by atoms with Gasteiger partial charge < -0.3 is 9.84 Å². The number of unbranched alkanes of at least 4 members (excludes halogenated alkanes) is 5. The Hall–Kier alpha value is -1.51. The van der Waals surface area contributed by atoms with Crippen LogP contribution in [0, 0.1) is 0 Å². The van der Waals surface area contributed by atoms with E-state index in [9.17, 15) is 9.90 Å². The van der Waals surface area contributed by atoms with E-state index in [1.807, 2.05) is 6.07 Å². The molecule has 0 bridgehead atoms. The Morgan fingerprint density at radius 3 is 2.32 bits per heavy atom. The summed E-state index contributed by atoms with van der Waals surface area (Å²) in [4.78, 5) is 11.3. The van der Waals surface area contributed by atoms with Gasteiger partial charge in [-0.15, -0.1) is 0 Å². The van der Waals surface area contributed by atoms with Crippen molar-refractivity contribution in [1.29, 1.82) is 0 Å². The molecule has 1 rings (SSSR count). The topological polar surface area (TPSA) is 46.5 Å². The average molecular weight is 306 g/mol. The van der Waals surface area contributed by atoms with Crippen molar-refractivity contribution in [2.24, 2.45) is 0 Å². The van der Waals surface area contributed by atoms with Crippen LogP contribution in [0.2, 0.25) is 0 Å². The predicted octanol–water partition coefficient (Wildman–Crippen LogP) is 5.68.